The Morgan fingerprint density at radius 3 is 2.92 bits per heavy atom. The van der Waals surface area contributed by atoms with E-state index in [0.717, 1.165) is 5.52 Å². The lowest BCUT2D eigenvalue weighted by Gasteiger charge is -1.98. The van der Waals surface area contributed by atoms with Gasteiger partial charge in [-0.25, -0.2) is 9.50 Å². The number of aromatic nitrogens is 3. The van der Waals surface area contributed by atoms with Gasteiger partial charge in [-0.1, -0.05) is 0 Å². The first-order chi connectivity index (χ1) is 5.79. The van der Waals surface area contributed by atoms with Crippen LogP contribution in [-0.4, -0.2) is 20.4 Å². The minimum atomic E-state index is -0.0406. The molecule has 2 aromatic rings. The maximum Gasteiger partial charge on any atom is 0.144 e. The van der Waals surface area contributed by atoms with Crippen LogP contribution in [0.15, 0.2) is 24.7 Å². The highest BCUT2D eigenvalue weighted by Gasteiger charge is 2.04. The van der Waals surface area contributed by atoms with Crippen molar-refractivity contribution in [3.05, 3.63) is 30.4 Å². The Morgan fingerprint density at radius 1 is 1.46 bits per heavy atom. The molecule has 0 radical (unpaired) electrons. The fourth-order valence-electron chi connectivity index (χ4n) is 1.07. The largest absolute Gasteiger partial charge is 0.382 e. The number of nitrogens with zero attached hydrogens (tertiary/aromatic N) is 3. The molecule has 0 amide bonds. The minimum Gasteiger partial charge on any atom is -0.382 e. The maximum atomic E-state index is 7.23. The topological polar surface area (TPSA) is 80.1 Å². The Labute approximate surface area is 80.5 Å². The van der Waals surface area contributed by atoms with Crippen LogP contribution in [0.2, 0.25) is 0 Å². The van der Waals surface area contributed by atoms with E-state index in [1.807, 2.05) is 0 Å². The fourth-order valence-corrected chi connectivity index (χ4v) is 1.07. The van der Waals surface area contributed by atoms with Crippen molar-refractivity contribution in [1.29, 1.82) is 5.41 Å². The zero-order valence-corrected chi connectivity index (χ0v) is 7.45. The lowest BCUT2D eigenvalue weighted by atomic mass is 10.3. The Morgan fingerprint density at radius 2 is 2.23 bits per heavy atom. The molecule has 2 aromatic heterocycles. The van der Waals surface area contributed by atoms with Crippen LogP contribution in [0.5, 0.6) is 0 Å². The highest BCUT2D eigenvalue weighted by molar-refractivity contribution is 5.99. The lowest BCUT2D eigenvalue weighted by molar-refractivity contribution is 0.942. The Kier molecular flexibility index (Phi) is 2.48. The molecule has 68 valence electrons. The quantitative estimate of drug-likeness (QED) is 0.514. The van der Waals surface area contributed by atoms with E-state index in [4.69, 9.17) is 11.1 Å². The lowest BCUT2D eigenvalue weighted by Crippen LogP contribution is -2.14. The number of nitrogen functional groups attached to an aromatic ring is 1. The molecular formula is C7H8ClN5. The number of amidine groups is 1. The summed E-state index contributed by atoms with van der Waals surface area (Å²) in [6.45, 7) is 0. The predicted molar refractivity (Wildman–Crippen MR) is 51.3 cm³/mol. The second kappa shape index (κ2) is 3.40. The van der Waals surface area contributed by atoms with Crippen molar-refractivity contribution in [3.8, 4) is 0 Å². The summed E-state index contributed by atoms with van der Waals surface area (Å²) in [5.41, 5.74) is 6.54. The number of fused-ring (bicyclic) bond motifs is 1. The van der Waals surface area contributed by atoms with Crippen LogP contribution in [0.25, 0.3) is 5.52 Å². The highest BCUT2D eigenvalue weighted by Crippen LogP contribution is 2.04. The molecule has 0 aliphatic rings. The van der Waals surface area contributed by atoms with Crippen LogP contribution in [0.3, 0.4) is 0 Å². The Hall–Kier alpha value is -1.62. The average Bonchev–Trinajstić information content (AvgIpc) is 2.49. The number of hydrogen-bond acceptors (Lipinski definition) is 3. The van der Waals surface area contributed by atoms with Gasteiger partial charge in [-0.2, -0.15) is 5.10 Å². The standard InChI is InChI=1S/C7H7N5.ClH/c8-7(9)6-5-1-2-11-12(5)4-3-10-6;/h1-4H,(H3,8,9);1H. The Bertz CT molecular complexity index is 435. The van der Waals surface area contributed by atoms with Gasteiger partial charge in [0.25, 0.3) is 0 Å². The van der Waals surface area contributed by atoms with Crippen molar-refractivity contribution >= 4 is 23.8 Å². The molecule has 2 heterocycles. The van der Waals surface area contributed by atoms with Crippen molar-refractivity contribution in [2.45, 2.75) is 0 Å². The van der Waals surface area contributed by atoms with Gasteiger partial charge in [-0.15, -0.1) is 12.4 Å². The second-order valence-corrected chi connectivity index (χ2v) is 2.35. The van der Waals surface area contributed by atoms with Gasteiger partial charge >= 0.3 is 0 Å². The van der Waals surface area contributed by atoms with Gasteiger partial charge in [0.1, 0.15) is 11.5 Å². The molecule has 0 unspecified atom stereocenters. The molecule has 3 N–H and O–H groups in total. The van der Waals surface area contributed by atoms with Crippen LogP contribution in [-0.2, 0) is 0 Å². The number of halogens is 1. The first-order valence-corrected chi connectivity index (χ1v) is 3.42. The SMILES string of the molecule is Cl.N=C(N)c1nccn2nccc12. The number of nitrogens with two attached hydrogens (primary N) is 1. The summed E-state index contributed by atoms with van der Waals surface area (Å²) in [6, 6.07) is 1.77. The first-order valence-electron chi connectivity index (χ1n) is 3.42. The summed E-state index contributed by atoms with van der Waals surface area (Å²) < 4.78 is 1.63. The number of hydrogen-bond donors (Lipinski definition) is 2. The summed E-state index contributed by atoms with van der Waals surface area (Å²) in [4.78, 5) is 3.97. The summed E-state index contributed by atoms with van der Waals surface area (Å²) in [5.74, 6) is -0.0406. The van der Waals surface area contributed by atoms with E-state index in [-0.39, 0.29) is 18.2 Å². The van der Waals surface area contributed by atoms with Gasteiger partial charge < -0.3 is 5.73 Å². The van der Waals surface area contributed by atoms with E-state index in [1.165, 1.54) is 0 Å². The third-order valence-corrected chi connectivity index (χ3v) is 1.58. The molecule has 0 saturated carbocycles. The van der Waals surface area contributed by atoms with Crippen molar-refractivity contribution in [2.24, 2.45) is 5.73 Å². The molecule has 0 saturated heterocycles. The van der Waals surface area contributed by atoms with Gasteiger partial charge in [0, 0.05) is 12.4 Å². The molecule has 6 heteroatoms. The monoisotopic (exact) mass is 197 g/mol. The normalized spacial score (nSPS) is 9.54. The third-order valence-electron chi connectivity index (χ3n) is 1.58. The smallest absolute Gasteiger partial charge is 0.144 e. The number of rotatable bonds is 1. The summed E-state index contributed by atoms with van der Waals surface area (Å²) >= 11 is 0. The first kappa shape index (κ1) is 9.47. The zero-order chi connectivity index (χ0) is 8.55. The minimum absolute atomic E-state index is 0. The van der Waals surface area contributed by atoms with Gasteiger partial charge in [-0.3, -0.25) is 5.41 Å². The molecule has 0 bridgehead atoms. The van der Waals surface area contributed by atoms with Crippen molar-refractivity contribution in [3.63, 3.8) is 0 Å². The summed E-state index contributed by atoms with van der Waals surface area (Å²) in [6.07, 6.45) is 4.92. The molecule has 0 fully saturated rings. The van der Waals surface area contributed by atoms with Crippen LogP contribution < -0.4 is 5.73 Å². The fraction of sp³-hybridized carbons (Fsp3) is 0. The second-order valence-electron chi connectivity index (χ2n) is 2.35. The molecule has 0 spiro atoms. The molecule has 0 aromatic carbocycles. The maximum absolute atomic E-state index is 7.23. The highest BCUT2D eigenvalue weighted by atomic mass is 35.5. The van der Waals surface area contributed by atoms with Crippen LogP contribution in [0.4, 0.5) is 0 Å². The summed E-state index contributed by atoms with van der Waals surface area (Å²) in [5, 5.41) is 11.2. The van der Waals surface area contributed by atoms with E-state index in [1.54, 1.807) is 29.2 Å². The molecule has 13 heavy (non-hydrogen) atoms. The van der Waals surface area contributed by atoms with E-state index in [2.05, 4.69) is 10.1 Å². The van der Waals surface area contributed by atoms with Crippen molar-refractivity contribution in [2.75, 3.05) is 0 Å². The van der Waals surface area contributed by atoms with Crippen LogP contribution >= 0.6 is 12.4 Å². The molecule has 0 aliphatic heterocycles. The van der Waals surface area contributed by atoms with Crippen LogP contribution in [0, 0.1) is 5.41 Å². The zero-order valence-electron chi connectivity index (χ0n) is 6.64. The van der Waals surface area contributed by atoms with E-state index in [9.17, 15) is 0 Å². The Balaban J connectivity index is 0.000000845. The number of nitrogens with one attached hydrogen (secondary N) is 1. The van der Waals surface area contributed by atoms with E-state index < -0.39 is 0 Å². The molecule has 0 aliphatic carbocycles. The van der Waals surface area contributed by atoms with Gasteiger partial charge in [0.05, 0.1) is 11.7 Å². The molecule has 0 atom stereocenters. The molecular weight excluding hydrogens is 190 g/mol. The van der Waals surface area contributed by atoms with Gasteiger partial charge in [-0.05, 0) is 6.07 Å². The van der Waals surface area contributed by atoms with Gasteiger partial charge in [0.15, 0.2) is 0 Å². The molecule has 5 nitrogen and oxygen atoms in total. The third kappa shape index (κ3) is 1.46. The van der Waals surface area contributed by atoms with Crippen molar-refractivity contribution < 1.29 is 0 Å². The van der Waals surface area contributed by atoms with Gasteiger partial charge in [0.2, 0.25) is 0 Å². The van der Waals surface area contributed by atoms with E-state index >= 15 is 0 Å². The molecule has 2 rings (SSSR count). The van der Waals surface area contributed by atoms with Crippen LogP contribution in [0.1, 0.15) is 5.69 Å². The predicted octanol–water partition coefficient (Wildman–Crippen LogP) is 0.435. The van der Waals surface area contributed by atoms with Crippen molar-refractivity contribution in [1.82, 2.24) is 14.6 Å². The average molecular weight is 198 g/mol. The van der Waals surface area contributed by atoms with E-state index in [0.29, 0.717) is 5.69 Å². The summed E-state index contributed by atoms with van der Waals surface area (Å²) in [7, 11) is 0.